The van der Waals surface area contributed by atoms with Crippen LogP contribution in [0.3, 0.4) is 0 Å². The molecule has 1 aromatic rings. The van der Waals surface area contributed by atoms with E-state index in [-0.39, 0.29) is 35.9 Å². The number of carbonyl (C=O) groups excluding carboxylic acids is 1. The van der Waals surface area contributed by atoms with Gasteiger partial charge in [0.15, 0.2) is 11.6 Å². The van der Waals surface area contributed by atoms with Gasteiger partial charge in [0.2, 0.25) is 5.91 Å². The molecule has 1 unspecified atom stereocenters. The van der Waals surface area contributed by atoms with Crippen LogP contribution in [0.15, 0.2) is 12.1 Å². The van der Waals surface area contributed by atoms with Crippen molar-refractivity contribution in [3.8, 4) is 5.75 Å². The summed E-state index contributed by atoms with van der Waals surface area (Å²) in [4.78, 5) is 15.7. The Balaban J connectivity index is 2.65. The Labute approximate surface area is 101 Å². The Kier molecular flexibility index (Phi) is 4.45. The van der Waals surface area contributed by atoms with Gasteiger partial charge in [-0.2, -0.15) is 0 Å². The number of aryl methyl sites for hydroxylation is 1. The molecule has 0 saturated heterocycles. The van der Waals surface area contributed by atoms with E-state index in [0.29, 0.717) is 0 Å². The summed E-state index contributed by atoms with van der Waals surface area (Å²) in [5, 5.41) is 12.1. The van der Waals surface area contributed by atoms with Crippen LogP contribution >= 0.6 is 0 Å². The first-order chi connectivity index (χ1) is 7.90. The predicted octanol–water partition coefficient (Wildman–Crippen LogP) is 1.41. The van der Waals surface area contributed by atoms with E-state index in [2.05, 4.69) is 10.3 Å². The zero-order valence-electron chi connectivity index (χ0n) is 10.4. The van der Waals surface area contributed by atoms with Crippen molar-refractivity contribution in [3.63, 3.8) is 0 Å². The van der Waals surface area contributed by atoms with Crippen molar-refractivity contribution in [1.82, 2.24) is 4.98 Å². The monoisotopic (exact) mass is 237 g/mol. The normalized spacial score (nSPS) is 12.5. The summed E-state index contributed by atoms with van der Waals surface area (Å²) in [5.74, 6) is 0.146. The summed E-state index contributed by atoms with van der Waals surface area (Å²) < 4.78 is 0. The Bertz CT molecular complexity index is 405. The number of hydrogen-bond donors (Lipinski definition) is 3. The van der Waals surface area contributed by atoms with E-state index in [0.717, 1.165) is 5.69 Å². The second kappa shape index (κ2) is 5.63. The first-order valence-corrected chi connectivity index (χ1v) is 5.62. The molecular weight excluding hydrogens is 218 g/mol. The maximum atomic E-state index is 11.6. The van der Waals surface area contributed by atoms with Crippen molar-refractivity contribution in [2.45, 2.75) is 33.2 Å². The van der Waals surface area contributed by atoms with Crippen molar-refractivity contribution in [1.29, 1.82) is 0 Å². The van der Waals surface area contributed by atoms with Gasteiger partial charge in [-0.15, -0.1) is 0 Å². The standard InChI is InChI=1S/C12H19N3O2/c1-7(2)9(13)6-11(17)15-12-10(16)5-4-8(3)14-12/h4-5,7,9,16H,6,13H2,1-3H3,(H,14,15,17). The molecule has 5 nitrogen and oxygen atoms in total. The highest BCUT2D eigenvalue weighted by Crippen LogP contribution is 2.20. The van der Waals surface area contributed by atoms with Gasteiger partial charge in [-0.1, -0.05) is 13.8 Å². The summed E-state index contributed by atoms with van der Waals surface area (Å²) in [5.41, 5.74) is 6.52. The third kappa shape index (κ3) is 4.03. The minimum atomic E-state index is -0.236. The first-order valence-electron chi connectivity index (χ1n) is 5.62. The summed E-state index contributed by atoms with van der Waals surface area (Å²) in [7, 11) is 0. The Hall–Kier alpha value is -1.62. The van der Waals surface area contributed by atoms with Crippen molar-refractivity contribution in [3.05, 3.63) is 17.8 Å². The maximum absolute atomic E-state index is 11.6. The highest BCUT2D eigenvalue weighted by molar-refractivity contribution is 5.91. The number of nitrogens with one attached hydrogen (secondary N) is 1. The zero-order chi connectivity index (χ0) is 13.0. The number of hydrogen-bond acceptors (Lipinski definition) is 4. The molecule has 0 aliphatic carbocycles. The first kappa shape index (κ1) is 13.4. The fourth-order valence-corrected chi connectivity index (χ4v) is 1.27. The number of nitrogens with two attached hydrogens (primary N) is 1. The quantitative estimate of drug-likeness (QED) is 0.738. The van der Waals surface area contributed by atoms with Gasteiger partial charge >= 0.3 is 0 Å². The van der Waals surface area contributed by atoms with Gasteiger partial charge in [0.05, 0.1) is 0 Å². The van der Waals surface area contributed by atoms with E-state index in [1.54, 1.807) is 13.0 Å². The number of amides is 1. The molecule has 0 spiro atoms. The molecule has 0 radical (unpaired) electrons. The van der Waals surface area contributed by atoms with Crippen molar-refractivity contribution < 1.29 is 9.90 Å². The van der Waals surface area contributed by atoms with E-state index >= 15 is 0 Å². The fraction of sp³-hybridized carbons (Fsp3) is 0.500. The third-order valence-electron chi connectivity index (χ3n) is 2.55. The molecule has 0 aliphatic rings. The van der Waals surface area contributed by atoms with Crippen molar-refractivity contribution >= 4 is 11.7 Å². The van der Waals surface area contributed by atoms with E-state index in [1.807, 2.05) is 13.8 Å². The molecule has 1 amide bonds. The zero-order valence-corrected chi connectivity index (χ0v) is 10.4. The van der Waals surface area contributed by atoms with Crippen LogP contribution in [0.5, 0.6) is 5.75 Å². The molecule has 1 atom stereocenters. The van der Waals surface area contributed by atoms with Crippen LogP contribution in [0, 0.1) is 12.8 Å². The summed E-state index contributed by atoms with van der Waals surface area (Å²) >= 11 is 0. The lowest BCUT2D eigenvalue weighted by Crippen LogP contribution is -2.31. The molecule has 4 N–H and O–H groups in total. The molecule has 17 heavy (non-hydrogen) atoms. The van der Waals surface area contributed by atoms with E-state index in [4.69, 9.17) is 5.73 Å². The average molecular weight is 237 g/mol. The molecule has 1 rings (SSSR count). The third-order valence-corrected chi connectivity index (χ3v) is 2.55. The van der Waals surface area contributed by atoms with Crippen LogP contribution < -0.4 is 11.1 Å². The van der Waals surface area contributed by atoms with Crippen LogP contribution in [0.2, 0.25) is 0 Å². The van der Waals surface area contributed by atoms with Crippen LogP contribution in [-0.4, -0.2) is 22.0 Å². The van der Waals surface area contributed by atoms with E-state index < -0.39 is 0 Å². The van der Waals surface area contributed by atoms with Crippen molar-refractivity contribution in [2.24, 2.45) is 11.7 Å². The molecule has 94 valence electrons. The van der Waals surface area contributed by atoms with Gasteiger partial charge < -0.3 is 16.2 Å². The molecule has 0 fully saturated rings. The fourth-order valence-electron chi connectivity index (χ4n) is 1.27. The molecular formula is C12H19N3O2. The van der Waals surface area contributed by atoms with Gasteiger partial charge in [-0.05, 0) is 25.0 Å². The molecule has 0 aromatic carbocycles. The highest BCUT2D eigenvalue weighted by Gasteiger charge is 2.14. The maximum Gasteiger partial charge on any atom is 0.227 e. The number of carbonyl (C=O) groups is 1. The van der Waals surface area contributed by atoms with Gasteiger partial charge in [-0.3, -0.25) is 4.79 Å². The molecule has 5 heteroatoms. The minimum Gasteiger partial charge on any atom is -0.504 e. The number of aromatic nitrogens is 1. The van der Waals surface area contributed by atoms with E-state index in [9.17, 15) is 9.90 Å². The predicted molar refractivity (Wildman–Crippen MR) is 66.7 cm³/mol. The number of aromatic hydroxyl groups is 1. The van der Waals surface area contributed by atoms with Crippen LogP contribution in [-0.2, 0) is 4.79 Å². The van der Waals surface area contributed by atoms with Crippen LogP contribution in [0.1, 0.15) is 26.0 Å². The lowest BCUT2D eigenvalue weighted by molar-refractivity contribution is -0.116. The number of rotatable bonds is 4. The second-order valence-corrected chi connectivity index (χ2v) is 4.48. The lowest BCUT2D eigenvalue weighted by Gasteiger charge is -2.15. The smallest absolute Gasteiger partial charge is 0.227 e. The molecule has 1 aromatic heterocycles. The molecule has 1 heterocycles. The molecule has 0 bridgehead atoms. The number of nitrogens with zero attached hydrogens (tertiary/aromatic N) is 1. The number of pyridine rings is 1. The van der Waals surface area contributed by atoms with Gasteiger partial charge in [0, 0.05) is 18.2 Å². The van der Waals surface area contributed by atoms with E-state index in [1.165, 1.54) is 6.07 Å². The number of anilines is 1. The Morgan fingerprint density at radius 3 is 2.76 bits per heavy atom. The topological polar surface area (TPSA) is 88.2 Å². The summed E-state index contributed by atoms with van der Waals surface area (Å²) in [6.45, 7) is 5.70. The largest absolute Gasteiger partial charge is 0.504 e. The van der Waals surface area contributed by atoms with Gasteiger partial charge in [0.25, 0.3) is 0 Å². The average Bonchev–Trinajstić information content (AvgIpc) is 2.23. The van der Waals surface area contributed by atoms with Gasteiger partial charge in [0.1, 0.15) is 0 Å². The van der Waals surface area contributed by atoms with Gasteiger partial charge in [-0.25, -0.2) is 4.98 Å². The lowest BCUT2D eigenvalue weighted by atomic mass is 10.0. The van der Waals surface area contributed by atoms with Crippen molar-refractivity contribution in [2.75, 3.05) is 5.32 Å². The Morgan fingerprint density at radius 1 is 1.53 bits per heavy atom. The molecule has 0 aliphatic heterocycles. The highest BCUT2D eigenvalue weighted by atomic mass is 16.3. The van der Waals surface area contributed by atoms with Crippen LogP contribution in [0.4, 0.5) is 5.82 Å². The minimum absolute atomic E-state index is 0.0398. The second-order valence-electron chi connectivity index (χ2n) is 4.48. The van der Waals surface area contributed by atoms with Crippen LogP contribution in [0.25, 0.3) is 0 Å². The SMILES string of the molecule is Cc1ccc(O)c(NC(=O)CC(N)C(C)C)n1. The summed E-state index contributed by atoms with van der Waals surface area (Å²) in [6, 6.07) is 2.98. The Morgan fingerprint density at radius 2 is 2.18 bits per heavy atom. The molecule has 0 saturated carbocycles. The summed E-state index contributed by atoms with van der Waals surface area (Å²) in [6.07, 6.45) is 0.215.